The van der Waals surface area contributed by atoms with Gasteiger partial charge in [-0.15, -0.1) is 0 Å². The highest BCUT2D eigenvalue weighted by Crippen LogP contribution is 2.40. The van der Waals surface area contributed by atoms with Crippen LogP contribution < -0.4 is 28.4 Å². The molecule has 2 heterocycles. The number of rotatable bonds is 4. The molecule has 0 aliphatic carbocycles. The highest BCUT2D eigenvalue weighted by atomic mass is 16.7. The molecule has 0 atom stereocenters. The number of ether oxygens (including phenoxy) is 6. The number of carbonyl (C=O) groups excluding carboxylic acids is 1. The van der Waals surface area contributed by atoms with E-state index in [1.807, 2.05) is 0 Å². The minimum Gasteiger partial charge on any atom is -0.493 e. The minimum atomic E-state index is -0.516. The molecule has 0 bridgehead atoms. The minimum absolute atomic E-state index is 0.165. The molecule has 4 rings (SSSR count). The molecule has 2 aliphatic rings. The molecular weight excluding hydrogens is 340 g/mol. The van der Waals surface area contributed by atoms with Gasteiger partial charge in [0.1, 0.15) is 19.0 Å². The van der Waals surface area contributed by atoms with E-state index in [4.69, 9.17) is 28.4 Å². The van der Waals surface area contributed by atoms with Crippen molar-refractivity contribution in [1.29, 1.82) is 0 Å². The van der Waals surface area contributed by atoms with Crippen molar-refractivity contribution in [3.63, 3.8) is 0 Å². The van der Waals surface area contributed by atoms with Gasteiger partial charge in [0.25, 0.3) is 0 Å². The zero-order chi connectivity index (χ0) is 17.9. The van der Waals surface area contributed by atoms with E-state index in [0.29, 0.717) is 47.7 Å². The normalized spacial score (nSPS) is 14.3. The van der Waals surface area contributed by atoms with Gasteiger partial charge < -0.3 is 28.4 Å². The monoisotopic (exact) mass is 356 g/mol. The van der Waals surface area contributed by atoms with Crippen LogP contribution in [0.3, 0.4) is 0 Å². The van der Waals surface area contributed by atoms with Gasteiger partial charge in [-0.3, -0.25) is 0 Å². The maximum atomic E-state index is 12.1. The molecule has 7 nitrogen and oxygen atoms in total. The largest absolute Gasteiger partial charge is 0.493 e. The first-order chi connectivity index (χ1) is 12.7. The third-order valence-electron chi connectivity index (χ3n) is 3.82. The molecule has 7 heteroatoms. The molecule has 0 fully saturated rings. The molecule has 2 aromatic rings. The first-order valence-corrected chi connectivity index (χ1v) is 8.00. The number of fused-ring (bicyclic) bond motifs is 2. The summed E-state index contributed by atoms with van der Waals surface area (Å²) in [6.45, 7) is 1.11. The molecule has 0 spiro atoms. The Balaban J connectivity index is 1.48. The number of methoxy groups -OCH3 is 1. The van der Waals surface area contributed by atoms with Crippen molar-refractivity contribution in [2.75, 3.05) is 27.1 Å². The Morgan fingerprint density at radius 1 is 1.00 bits per heavy atom. The van der Waals surface area contributed by atoms with Crippen molar-refractivity contribution in [3.05, 3.63) is 42.0 Å². The lowest BCUT2D eigenvalue weighted by molar-refractivity contribution is -0.128. The van der Waals surface area contributed by atoms with Crippen LogP contribution in [0.25, 0.3) is 6.08 Å². The van der Waals surface area contributed by atoms with Crippen molar-refractivity contribution in [2.24, 2.45) is 0 Å². The fourth-order valence-electron chi connectivity index (χ4n) is 2.64. The summed E-state index contributed by atoms with van der Waals surface area (Å²) in [5, 5.41) is 0. The van der Waals surface area contributed by atoms with E-state index < -0.39 is 5.97 Å². The maximum absolute atomic E-state index is 12.1. The van der Waals surface area contributed by atoms with Crippen molar-refractivity contribution >= 4 is 12.0 Å². The third kappa shape index (κ3) is 3.23. The number of benzene rings is 2. The third-order valence-corrected chi connectivity index (χ3v) is 3.82. The number of carbonyl (C=O) groups is 1. The van der Waals surface area contributed by atoms with Gasteiger partial charge in [0.05, 0.1) is 7.11 Å². The van der Waals surface area contributed by atoms with Crippen molar-refractivity contribution in [2.45, 2.75) is 0 Å². The predicted octanol–water partition coefficient (Wildman–Crippen LogP) is 2.81. The number of hydrogen-bond acceptors (Lipinski definition) is 7. The second-order valence-electron chi connectivity index (χ2n) is 5.52. The van der Waals surface area contributed by atoms with Crippen LogP contribution in [0.1, 0.15) is 5.56 Å². The second kappa shape index (κ2) is 6.87. The molecule has 0 saturated carbocycles. The Bertz CT molecular complexity index is 855. The van der Waals surface area contributed by atoms with Crippen LogP contribution in [0, 0.1) is 0 Å². The molecule has 26 heavy (non-hydrogen) atoms. The van der Waals surface area contributed by atoms with E-state index >= 15 is 0 Å². The number of hydrogen-bond donors (Lipinski definition) is 0. The van der Waals surface area contributed by atoms with E-state index in [2.05, 4.69) is 0 Å². The van der Waals surface area contributed by atoms with Crippen LogP contribution in [0.4, 0.5) is 0 Å². The van der Waals surface area contributed by atoms with Gasteiger partial charge in [0, 0.05) is 12.1 Å². The molecular formula is C19H16O7. The smallest absolute Gasteiger partial charge is 0.336 e. The van der Waals surface area contributed by atoms with Gasteiger partial charge in [-0.25, -0.2) is 4.79 Å². The molecule has 134 valence electrons. The van der Waals surface area contributed by atoms with Crippen LogP contribution in [-0.2, 0) is 4.79 Å². The van der Waals surface area contributed by atoms with Crippen LogP contribution in [0.2, 0.25) is 0 Å². The SMILES string of the molecule is COc1cc(C=CC(=O)Oc2ccc3c(c2)OCO3)cc2c1OCCO2. The van der Waals surface area contributed by atoms with E-state index in [1.54, 1.807) is 43.5 Å². The number of esters is 1. The Morgan fingerprint density at radius 3 is 2.73 bits per heavy atom. The summed E-state index contributed by atoms with van der Waals surface area (Å²) < 4.78 is 32.2. The molecule has 0 N–H and O–H groups in total. The topological polar surface area (TPSA) is 72.5 Å². The Hall–Kier alpha value is -3.35. The van der Waals surface area contributed by atoms with Crippen molar-refractivity contribution in [3.8, 4) is 34.5 Å². The molecule has 2 aliphatic heterocycles. The summed E-state index contributed by atoms with van der Waals surface area (Å²) in [4.78, 5) is 12.1. The first kappa shape index (κ1) is 16.1. The van der Waals surface area contributed by atoms with Crippen LogP contribution in [-0.4, -0.2) is 33.1 Å². The fraction of sp³-hybridized carbons (Fsp3) is 0.211. The van der Waals surface area contributed by atoms with E-state index in [1.165, 1.54) is 6.08 Å². The van der Waals surface area contributed by atoms with Gasteiger partial charge in [-0.1, -0.05) is 0 Å². The van der Waals surface area contributed by atoms with E-state index in [9.17, 15) is 4.79 Å². The first-order valence-electron chi connectivity index (χ1n) is 8.00. The summed E-state index contributed by atoms with van der Waals surface area (Å²) in [7, 11) is 1.55. The Kier molecular flexibility index (Phi) is 4.27. The summed E-state index contributed by atoms with van der Waals surface area (Å²) >= 11 is 0. The van der Waals surface area contributed by atoms with Gasteiger partial charge >= 0.3 is 5.97 Å². The average molecular weight is 356 g/mol. The van der Waals surface area contributed by atoms with Crippen molar-refractivity contribution in [1.82, 2.24) is 0 Å². The fourth-order valence-corrected chi connectivity index (χ4v) is 2.64. The highest BCUT2D eigenvalue weighted by molar-refractivity contribution is 5.89. The Morgan fingerprint density at radius 2 is 1.85 bits per heavy atom. The van der Waals surface area contributed by atoms with Crippen molar-refractivity contribution < 1.29 is 33.2 Å². The lowest BCUT2D eigenvalue weighted by atomic mass is 10.1. The van der Waals surface area contributed by atoms with Gasteiger partial charge in [-0.2, -0.15) is 0 Å². The lowest BCUT2D eigenvalue weighted by Crippen LogP contribution is -2.16. The molecule has 0 saturated heterocycles. The Labute approximate surface area is 149 Å². The summed E-state index contributed by atoms with van der Waals surface area (Å²) in [6.07, 6.45) is 2.95. The molecule has 0 amide bonds. The average Bonchev–Trinajstić information content (AvgIpc) is 3.13. The maximum Gasteiger partial charge on any atom is 0.336 e. The van der Waals surface area contributed by atoms with Gasteiger partial charge in [0.15, 0.2) is 23.0 Å². The van der Waals surface area contributed by atoms with E-state index in [0.717, 1.165) is 5.56 Å². The molecule has 0 unspecified atom stereocenters. The highest BCUT2D eigenvalue weighted by Gasteiger charge is 2.18. The zero-order valence-corrected chi connectivity index (χ0v) is 14.0. The molecule has 2 aromatic carbocycles. The zero-order valence-electron chi connectivity index (χ0n) is 14.0. The molecule has 0 aromatic heterocycles. The van der Waals surface area contributed by atoms with Gasteiger partial charge in [-0.05, 0) is 35.9 Å². The predicted molar refractivity (Wildman–Crippen MR) is 91.2 cm³/mol. The summed E-state index contributed by atoms with van der Waals surface area (Å²) in [6, 6.07) is 8.49. The quantitative estimate of drug-likeness (QED) is 0.474. The van der Waals surface area contributed by atoms with Crippen LogP contribution in [0.15, 0.2) is 36.4 Å². The van der Waals surface area contributed by atoms with Gasteiger partial charge in [0.2, 0.25) is 12.5 Å². The van der Waals surface area contributed by atoms with E-state index in [-0.39, 0.29) is 6.79 Å². The molecule has 0 radical (unpaired) electrons. The lowest BCUT2D eigenvalue weighted by Gasteiger charge is -2.20. The summed E-state index contributed by atoms with van der Waals surface area (Å²) in [5.41, 5.74) is 0.730. The van der Waals surface area contributed by atoms with Crippen LogP contribution >= 0.6 is 0 Å². The standard InChI is InChI=1S/C19H16O7/c1-21-16-8-12(9-17-19(16)23-7-6-22-17)2-5-18(20)26-13-3-4-14-15(10-13)25-11-24-14/h2-5,8-10H,6-7,11H2,1H3. The summed E-state index contributed by atoms with van der Waals surface area (Å²) in [5.74, 6) is 2.74. The van der Waals surface area contributed by atoms with Crippen LogP contribution in [0.5, 0.6) is 34.5 Å². The second-order valence-corrected chi connectivity index (χ2v) is 5.52.